The molecule has 0 saturated carbocycles. The highest BCUT2D eigenvalue weighted by Gasteiger charge is 1.95. The maximum Gasteiger partial charge on any atom is 0.108 e. The fraction of sp³-hybridized carbons (Fsp3) is 0.125. The van der Waals surface area contributed by atoms with Crippen molar-refractivity contribution in [3.63, 3.8) is 0 Å². The van der Waals surface area contributed by atoms with Gasteiger partial charge in [-0.15, -0.1) is 4.91 Å². The number of rotatable bonds is 2. The largest absolute Gasteiger partial charge is 0.308 e. The van der Waals surface area contributed by atoms with Crippen LogP contribution in [0.5, 0.6) is 0 Å². The van der Waals surface area contributed by atoms with Crippen LogP contribution in [-0.4, -0.2) is 6.21 Å². The molecule has 3 heteroatoms. The second-order valence-corrected chi connectivity index (χ2v) is 2.28. The van der Waals surface area contributed by atoms with Gasteiger partial charge in [-0.1, -0.05) is 6.07 Å². The molecular weight excluding hydrogens is 140 g/mol. The second kappa shape index (κ2) is 3.05. The molecule has 0 unspecified atom stereocenters. The molecule has 11 heavy (non-hydrogen) atoms. The molecule has 3 nitrogen and oxygen atoms in total. The molecule has 1 aromatic carbocycles. The molecule has 0 aliphatic rings. The Bertz CT molecular complexity index is 294. The Labute approximate surface area is 64.5 Å². The Morgan fingerprint density at radius 1 is 1.55 bits per heavy atom. The number of hydrogen-bond donors (Lipinski definition) is 1. The predicted octanol–water partition coefficient (Wildman–Crippen LogP) is 2.39. The minimum Gasteiger partial charge on any atom is -0.308 e. The van der Waals surface area contributed by atoms with Gasteiger partial charge in [-0.25, -0.2) is 0 Å². The van der Waals surface area contributed by atoms with Crippen LogP contribution in [0, 0.1) is 17.2 Å². The van der Waals surface area contributed by atoms with Crippen molar-refractivity contribution in [2.75, 3.05) is 0 Å². The van der Waals surface area contributed by atoms with Crippen LogP contribution in [0.4, 0.5) is 5.69 Å². The molecule has 0 aliphatic carbocycles. The summed E-state index contributed by atoms with van der Waals surface area (Å²) in [4.78, 5) is 10.1. The van der Waals surface area contributed by atoms with Crippen molar-refractivity contribution in [3.05, 3.63) is 34.2 Å². The highest BCUT2D eigenvalue weighted by atomic mass is 16.3. The molecule has 0 spiro atoms. The zero-order chi connectivity index (χ0) is 8.27. The molecule has 0 heterocycles. The van der Waals surface area contributed by atoms with Crippen LogP contribution < -0.4 is 0 Å². The van der Waals surface area contributed by atoms with Crippen molar-refractivity contribution in [2.24, 2.45) is 5.18 Å². The first-order chi connectivity index (χ1) is 5.27. The van der Waals surface area contributed by atoms with Crippen molar-refractivity contribution < 1.29 is 0 Å². The van der Waals surface area contributed by atoms with E-state index in [1.807, 2.05) is 6.92 Å². The van der Waals surface area contributed by atoms with Crippen LogP contribution >= 0.6 is 0 Å². The standard InChI is InChI=1S/C8H8N2O/c1-6-4-8(10-11)3-2-7(6)5-9/h2-5,9H,1H3. The van der Waals surface area contributed by atoms with Gasteiger partial charge < -0.3 is 5.41 Å². The van der Waals surface area contributed by atoms with Gasteiger partial charge >= 0.3 is 0 Å². The van der Waals surface area contributed by atoms with Crippen molar-refractivity contribution in [2.45, 2.75) is 6.92 Å². The summed E-state index contributed by atoms with van der Waals surface area (Å²) in [6.45, 7) is 1.84. The van der Waals surface area contributed by atoms with Gasteiger partial charge in [0.2, 0.25) is 0 Å². The first-order valence-electron chi connectivity index (χ1n) is 3.22. The predicted molar refractivity (Wildman–Crippen MR) is 44.5 cm³/mol. The van der Waals surface area contributed by atoms with E-state index in [4.69, 9.17) is 5.41 Å². The zero-order valence-corrected chi connectivity index (χ0v) is 6.16. The summed E-state index contributed by atoms with van der Waals surface area (Å²) < 4.78 is 0. The Morgan fingerprint density at radius 2 is 2.27 bits per heavy atom. The van der Waals surface area contributed by atoms with E-state index in [1.54, 1.807) is 18.2 Å². The Morgan fingerprint density at radius 3 is 2.73 bits per heavy atom. The smallest absolute Gasteiger partial charge is 0.108 e. The van der Waals surface area contributed by atoms with Gasteiger partial charge in [-0.3, -0.25) is 0 Å². The molecule has 0 aromatic heterocycles. The minimum atomic E-state index is 0.410. The van der Waals surface area contributed by atoms with E-state index < -0.39 is 0 Å². The van der Waals surface area contributed by atoms with Crippen molar-refractivity contribution in [1.29, 1.82) is 5.41 Å². The van der Waals surface area contributed by atoms with Crippen LogP contribution in [-0.2, 0) is 0 Å². The van der Waals surface area contributed by atoms with Crippen LogP contribution in [0.3, 0.4) is 0 Å². The Hall–Kier alpha value is -1.51. The van der Waals surface area contributed by atoms with E-state index in [-0.39, 0.29) is 0 Å². The molecule has 1 rings (SSSR count). The normalized spacial score (nSPS) is 9.18. The molecule has 0 amide bonds. The maximum atomic E-state index is 10.1. The van der Waals surface area contributed by atoms with Gasteiger partial charge in [0.15, 0.2) is 0 Å². The average molecular weight is 148 g/mol. The molecule has 0 atom stereocenters. The summed E-state index contributed by atoms with van der Waals surface area (Å²) in [5.74, 6) is 0. The molecule has 0 aliphatic heterocycles. The third-order valence-electron chi connectivity index (χ3n) is 1.51. The third kappa shape index (κ3) is 1.49. The quantitative estimate of drug-likeness (QED) is 0.508. The third-order valence-corrected chi connectivity index (χ3v) is 1.51. The molecular formula is C8H8N2O. The van der Waals surface area contributed by atoms with Crippen molar-refractivity contribution in [1.82, 2.24) is 0 Å². The SMILES string of the molecule is Cc1cc(N=O)ccc1C=N. The lowest BCUT2D eigenvalue weighted by Crippen LogP contribution is -1.83. The number of nitroso groups, excluding NO2 is 1. The van der Waals surface area contributed by atoms with Gasteiger partial charge in [0.1, 0.15) is 5.69 Å². The van der Waals surface area contributed by atoms with Crippen LogP contribution in [0.15, 0.2) is 23.4 Å². The fourth-order valence-electron chi connectivity index (χ4n) is 0.879. The van der Waals surface area contributed by atoms with E-state index in [9.17, 15) is 4.91 Å². The highest BCUT2D eigenvalue weighted by Crippen LogP contribution is 2.15. The number of nitrogens with one attached hydrogen (secondary N) is 1. The second-order valence-electron chi connectivity index (χ2n) is 2.28. The van der Waals surface area contributed by atoms with Crippen LogP contribution in [0.25, 0.3) is 0 Å². The number of benzene rings is 1. The lowest BCUT2D eigenvalue weighted by molar-refractivity contribution is 1.39. The molecule has 0 fully saturated rings. The van der Waals surface area contributed by atoms with Gasteiger partial charge in [-0.05, 0) is 35.4 Å². The Balaban J connectivity index is 3.18. The maximum absolute atomic E-state index is 10.1. The zero-order valence-electron chi connectivity index (χ0n) is 6.16. The van der Waals surface area contributed by atoms with Crippen LogP contribution in [0.1, 0.15) is 11.1 Å². The van der Waals surface area contributed by atoms with Gasteiger partial charge in [0, 0.05) is 6.21 Å². The van der Waals surface area contributed by atoms with Crippen LogP contribution in [0.2, 0.25) is 0 Å². The fourth-order valence-corrected chi connectivity index (χ4v) is 0.879. The highest BCUT2D eigenvalue weighted by molar-refractivity contribution is 5.79. The molecule has 56 valence electrons. The summed E-state index contributed by atoms with van der Waals surface area (Å²) in [7, 11) is 0. The van der Waals surface area contributed by atoms with E-state index in [0.717, 1.165) is 11.1 Å². The summed E-state index contributed by atoms with van der Waals surface area (Å²) in [6, 6.07) is 4.97. The molecule has 1 N–H and O–H groups in total. The topological polar surface area (TPSA) is 53.3 Å². The first-order valence-corrected chi connectivity index (χ1v) is 3.22. The average Bonchev–Trinajstić information content (AvgIpc) is 2.04. The van der Waals surface area contributed by atoms with E-state index in [0.29, 0.717) is 5.69 Å². The first kappa shape index (κ1) is 7.60. The summed E-state index contributed by atoms with van der Waals surface area (Å²) >= 11 is 0. The lowest BCUT2D eigenvalue weighted by atomic mass is 10.1. The minimum absolute atomic E-state index is 0.410. The van der Waals surface area contributed by atoms with E-state index in [1.165, 1.54) is 6.21 Å². The molecule has 0 radical (unpaired) electrons. The summed E-state index contributed by atoms with van der Waals surface area (Å²) in [5.41, 5.74) is 2.13. The van der Waals surface area contributed by atoms with Gasteiger partial charge in [0.25, 0.3) is 0 Å². The molecule has 0 bridgehead atoms. The lowest BCUT2D eigenvalue weighted by Gasteiger charge is -1.97. The van der Waals surface area contributed by atoms with E-state index >= 15 is 0 Å². The summed E-state index contributed by atoms with van der Waals surface area (Å²) in [6.07, 6.45) is 1.25. The van der Waals surface area contributed by atoms with E-state index in [2.05, 4.69) is 5.18 Å². The summed E-state index contributed by atoms with van der Waals surface area (Å²) in [5, 5.41) is 9.76. The number of hydrogen-bond acceptors (Lipinski definition) is 3. The van der Waals surface area contributed by atoms with Crippen molar-refractivity contribution in [3.8, 4) is 0 Å². The van der Waals surface area contributed by atoms with Crippen molar-refractivity contribution >= 4 is 11.9 Å². The molecule has 1 aromatic rings. The number of nitrogens with zero attached hydrogens (tertiary/aromatic N) is 1. The number of aryl methyl sites for hydroxylation is 1. The monoisotopic (exact) mass is 148 g/mol. The van der Waals surface area contributed by atoms with Gasteiger partial charge in [0.05, 0.1) is 0 Å². The Kier molecular flexibility index (Phi) is 2.11. The van der Waals surface area contributed by atoms with Gasteiger partial charge in [-0.2, -0.15) is 0 Å². The molecule has 0 saturated heterocycles.